The van der Waals surface area contributed by atoms with Crippen molar-refractivity contribution in [1.29, 1.82) is 0 Å². The Kier molecular flexibility index (Phi) is 4.14. The van der Waals surface area contributed by atoms with Crippen molar-refractivity contribution in [1.82, 2.24) is 25.2 Å². The van der Waals surface area contributed by atoms with Gasteiger partial charge in [-0.1, -0.05) is 26.0 Å². The number of H-pyrrole nitrogens is 1. The molecule has 7 heteroatoms. The molecule has 3 aromatic rings. The van der Waals surface area contributed by atoms with Crippen LogP contribution < -0.4 is 5.32 Å². The topological polar surface area (TPSA) is 71.4 Å². The number of halogens is 1. The molecule has 0 amide bonds. The highest BCUT2D eigenvalue weighted by Gasteiger charge is 2.17. The summed E-state index contributed by atoms with van der Waals surface area (Å²) >= 11 is 3.65. The van der Waals surface area contributed by atoms with Crippen molar-refractivity contribution in [3.63, 3.8) is 0 Å². The van der Waals surface area contributed by atoms with Crippen molar-refractivity contribution in [2.45, 2.75) is 40.8 Å². The Morgan fingerprint density at radius 1 is 1.30 bits per heavy atom. The van der Waals surface area contributed by atoms with E-state index in [0.717, 1.165) is 39.1 Å². The predicted molar refractivity (Wildman–Crippen MR) is 95.3 cm³/mol. The van der Waals surface area contributed by atoms with Gasteiger partial charge in [0.1, 0.15) is 5.52 Å². The minimum absolute atomic E-state index is 0.155. The molecule has 2 N–H and O–H groups in total. The summed E-state index contributed by atoms with van der Waals surface area (Å²) in [6, 6.07) is 6.14. The fraction of sp³-hybridized carbons (Fsp3) is 0.438. The lowest BCUT2D eigenvalue weighted by Gasteiger charge is -2.18. The molecule has 2 aromatic heterocycles. The van der Waals surface area contributed by atoms with Gasteiger partial charge in [-0.25, -0.2) is 4.68 Å². The highest BCUT2D eigenvalue weighted by atomic mass is 79.9. The van der Waals surface area contributed by atoms with Crippen LogP contribution in [0.2, 0.25) is 0 Å². The van der Waals surface area contributed by atoms with Crippen LogP contribution in [0.5, 0.6) is 0 Å². The van der Waals surface area contributed by atoms with Crippen LogP contribution >= 0.6 is 15.9 Å². The van der Waals surface area contributed by atoms with Gasteiger partial charge >= 0.3 is 0 Å². The number of rotatable bonds is 4. The van der Waals surface area contributed by atoms with Crippen molar-refractivity contribution >= 4 is 32.7 Å². The fourth-order valence-corrected chi connectivity index (χ4v) is 3.01. The van der Waals surface area contributed by atoms with Crippen LogP contribution in [0.4, 0.5) is 5.69 Å². The summed E-state index contributed by atoms with van der Waals surface area (Å²) in [7, 11) is 0. The normalized spacial score (nSPS) is 12.0. The number of hydrogen-bond donors (Lipinski definition) is 2. The van der Waals surface area contributed by atoms with E-state index in [1.807, 2.05) is 17.7 Å². The highest BCUT2D eigenvalue weighted by Crippen LogP contribution is 2.31. The SMILES string of the molecule is Cc1cc(CNc2ccc3c(nnn3CC(C)(C)C)c2Br)n[nH]1. The Hall–Kier alpha value is -1.89. The first-order valence-corrected chi connectivity index (χ1v) is 8.39. The average Bonchev–Trinajstić information content (AvgIpc) is 3.04. The molecule has 122 valence electrons. The average molecular weight is 377 g/mol. The molecule has 0 aliphatic rings. The van der Waals surface area contributed by atoms with Gasteiger partial charge in [-0.15, -0.1) is 5.10 Å². The van der Waals surface area contributed by atoms with Crippen molar-refractivity contribution in [3.8, 4) is 0 Å². The van der Waals surface area contributed by atoms with Crippen molar-refractivity contribution < 1.29 is 0 Å². The van der Waals surface area contributed by atoms with Crippen LogP contribution in [0, 0.1) is 12.3 Å². The number of aromatic nitrogens is 5. The van der Waals surface area contributed by atoms with Crippen molar-refractivity contribution in [2.24, 2.45) is 5.41 Å². The largest absolute Gasteiger partial charge is 0.378 e. The Morgan fingerprint density at radius 2 is 2.09 bits per heavy atom. The molecule has 0 bridgehead atoms. The number of nitrogens with zero attached hydrogens (tertiary/aromatic N) is 4. The molecule has 1 aromatic carbocycles. The molecule has 6 nitrogen and oxygen atoms in total. The molecular weight excluding hydrogens is 356 g/mol. The van der Waals surface area contributed by atoms with E-state index in [1.165, 1.54) is 0 Å². The number of benzene rings is 1. The lowest BCUT2D eigenvalue weighted by atomic mass is 9.97. The van der Waals surface area contributed by atoms with Crippen LogP contribution in [0.15, 0.2) is 22.7 Å². The zero-order valence-corrected chi connectivity index (χ0v) is 15.4. The number of anilines is 1. The highest BCUT2D eigenvalue weighted by molar-refractivity contribution is 9.10. The maximum absolute atomic E-state index is 4.33. The number of fused-ring (bicyclic) bond motifs is 1. The van der Waals surface area contributed by atoms with Crippen LogP contribution in [-0.4, -0.2) is 25.2 Å². The van der Waals surface area contributed by atoms with E-state index in [-0.39, 0.29) is 5.41 Å². The molecule has 0 spiro atoms. The molecule has 2 heterocycles. The molecule has 0 aliphatic heterocycles. The summed E-state index contributed by atoms with van der Waals surface area (Å²) in [6.07, 6.45) is 0. The van der Waals surface area contributed by atoms with Gasteiger partial charge in [0.25, 0.3) is 0 Å². The van der Waals surface area contributed by atoms with Gasteiger partial charge in [-0.2, -0.15) is 5.10 Å². The fourth-order valence-electron chi connectivity index (χ4n) is 2.46. The molecule has 0 atom stereocenters. The second-order valence-electron chi connectivity index (χ2n) is 7.00. The van der Waals surface area contributed by atoms with E-state index >= 15 is 0 Å². The van der Waals surface area contributed by atoms with E-state index in [4.69, 9.17) is 0 Å². The van der Waals surface area contributed by atoms with Gasteiger partial charge in [-0.05, 0) is 46.5 Å². The Labute approximate surface area is 143 Å². The Morgan fingerprint density at radius 3 is 2.74 bits per heavy atom. The third kappa shape index (κ3) is 3.55. The maximum atomic E-state index is 4.33. The van der Waals surface area contributed by atoms with Gasteiger partial charge in [0.05, 0.1) is 27.9 Å². The molecule has 23 heavy (non-hydrogen) atoms. The number of aryl methyl sites for hydroxylation is 1. The summed E-state index contributed by atoms with van der Waals surface area (Å²) in [5.74, 6) is 0. The summed E-state index contributed by atoms with van der Waals surface area (Å²) in [5, 5.41) is 19.2. The zero-order valence-electron chi connectivity index (χ0n) is 13.8. The molecule has 0 radical (unpaired) electrons. The van der Waals surface area contributed by atoms with Crippen molar-refractivity contribution in [2.75, 3.05) is 5.32 Å². The smallest absolute Gasteiger partial charge is 0.129 e. The summed E-state index contributed by atoms with van der Waals surface area (Å²) in [6.45, 7) is 10.1. The first-order chi connectivity index (χ1) is 10.8. The Bertz CT molecular complexity index is 827. The first kappa shape index (κ1) is 16.0. The quantitative estimate of drug-likeness (QED) is 0.724. The van der Waals surface area contributed by atoms with E-state index in [0.29, 0.717) is 6.54 Å². The van der Waals surface area contributed by atoms with Gasteiger partial charge in [-0.3, -0.25) is 5.10 Å². The van der Waals surface area contributed by atoms with E-state index in [2.05, 4.69) is 74.7 Å². The summed E-state index contributed by atoms with van der Waals surface area (Å²) in [4.78, 5) is 0. The van der Waals surface area contributed by atoms with E-state index in [9.17, 15) is 0 Å². The molecular formula is C16H21BrN6. The number of aromatic amines is 1. The predicted octanol–water partition coefficient (Wildman–Crippen LogP) is 3.88. The van der Waals surface area contributed by atoms with Gasteiger partial charge in [0.15, 0.2) is 0 Å². The van der Waals surface area contributed by atoms with Crippen LogP contribution in [0.1, 0.15) is 32.2 Å². The second-order valence-corrected chi connectivity index (χ2v) is 7.79. The number of nitrogens with one attached hydrogen (secondary N) is 2. The zero-order chi connectivity index (χ0) is 16.6. The summed E-state index contributed by atoms with van der Waals surface area (Å²) < 4.78 is 2.89. The third-order valence-corrected chi connectivity index (χ3v) is 4.27. The number of hydrogen-bond acceptors (Lipinski definition) is 4. The van der Waals surface area contributed by atoms with E-state index in [1.54, 1.807) is 0 Å². The lowest BCUT2D eigenvalue weighted by Crippen LogP contribution is -2.16. The monoisotopic (exact) mass is 376 g/mol. The molecule has 0 unspecified atom stereocenters. The molecule has 0 saturated carbocycles. The van der Waals surface area contributed by atoms with Crippen molar-refractivity contribution in [3.05, 3.63) is 34.1 Å². The van der Waals surface area contributed by atoms with Crippen LogP contribution in [0.25, 0.3) is 11.0 Å². The summed E-state index contributed by atoms with van der Waals surface area (Å²) in [5.41, 5.74) is 5.08. The lowest BCUT2D eigenvalue weighted by molar-refractivity contribution is 0.327. The van der Waals surface area contributed by atoms with Gasteiger partial charge in [0, 0.05) is 12.2 Å². The van der Waals surface area contributed by atoms with Crippen LogP contribution in [-0.2, 0) is 13.1 Å². The van der Waals surface area contributed by atoms with Crippen LogP contribution in [0.3, 0.4) is 0 Å². The minimum Gasteiger partial charge on any atom is -0.378 e. The standard InChI is InChI=1S/C16H21BrN6/c1-10-7-11(20-19-10)8-18-12-5-6-13-15(14(12)17)21-22-23(13)9-16(2,3)4/h5-7,18H,8-9H2,1-4H3,(H,19,20). The molecule has 0 aliphatic carbocycles. The van der Waals surface area contributed by atoms with Gasteiger partial charge < -0.3 is 5.32 Å². The second kappa shape index (κ2) is 5.96. The first-order valence-electron chi connectivity index (χ1n) is 7.60. The molecule has 0 saturated heterocycles. The minimum atomic E-state index is 0.155. The molecule has 0 fully saturated rings. The van der Waals surface area contributed by atoms with Gasteiger partial charge in [0.2, 0.25) is 0 Å². The van der Waals surface area contributed by atoms with E-state index < -0.39 is 0 Å². The third-order valence-electron chi connectivity index (χ3n) is 3.47. The Balaban J connectivity index is 1.84. The molecule has 3 rings (SSSR count). The maximum Gasteiger partial charge on any atom is 0.129 e.